The second-order valence-corrected chi connectivity index (χ2v) is 7.20. The maximum atomic E-state index is 13.2. The van der Waals surface area contributed by atoms with Crippen molar-refractivity contribution in [3.8, 4) is 17.1 Å². The summed E-state index contributed by atoms with van der Waals surface area (Å²) in [6.07, 6.45) is 1.14. The van der Waals surface area contributed by atoms with Crippen LogP contribution in [-0.4, -0.2) is 27.9 Å². The smallest absolute Gasteiger partial charge is 0.265 e. The van der Waals surface area contributed by atoms with E-state index in [0.717, 1.165) is 5.39 Å². The Kier molecular flexibility index (Phi) is 4.55. The molecule has 3 heterocycles. The summed E-state index contributed by atoms with van der Waals surface area (Å²) in [4.78, 5) is 34.1. The quantitative estimate of drug-likeness (QED) is 0.526. The van der Waals surface area contributed by atoms with E-state index in [1.165, 1.54) is 0 Å². The third-order valence-corrected chi connectivity index (χ3v) is 5.06. The van der Waals surface area contributed by atoms with Crippen LogP contribution >= 0.6 is 0 Å². The third-order valence-electron chi connectivity index (χ3n) is 5.06. The van der Waals surface area contributed by atoms with E-state index < -0.39 is 6.10 Å². The van der Waals surface area contributed by atoms with Crippen LogP contribution in [0.3, 0.4) is 0 Å². The minimum absolute atomic E-state index is 0.226. The van der Waals surface area contributed by atoms with Crippen molar-refractivity contribution in [3.63, 3.8) is 0 Å². The molecule has 1 unspecified atom stereocenters. The van der Waals surface area contributed by atoms with Crippen LogP contribution in [0.15, 0.2) is 72.9 Å². The van der Waals surface area contributed by atoms with Crippen LogP contribution in [0, 0.1) is 0 Å². The number of nitrogens with one attached hydrogen (secondary N) is 2. The number of pyridine rings is 2. The molecule has 2 amide bonds. The number of ether oxygens (including phenoxy) is 1. The summed E-state index contributed by atoms with van der Waals surface area (Å²) in [5.41, 5.74) is 3.56. The van der Waals surface area contributed by atoms with Gasteiger partial charge in [-0.1, -0.05) is 24.3 Å². The fourth-order valence-corrected chi connectivity index (χ4v) is 3.49. The van der Waals surface area contributed by atoms with E-state index in [0.29, 0.717) is 39.6 Å². The molecule has 7 heteroatoms. The number of fused-ring (bicyclic) bond motifs is 2. The fourth-order valence-electron chi connectivity index (χ4n) is 3.49. The lowest BCUT2D eigenvalue weighted by molar-refractivity contribution is -0.122. The molecule has 2 aromatic heterocycles. The van der Waals surface area contributed by atoms with Crippen molar-refractivity contribution in [2.24, 2.45) is 0 Å². The number of hydrogen-bond acceptors (Lipinski definition) is 5. The van der Waals surface area contributed by atoms with Crippen molar-refractivity contribution in [1.82, 2.24) is 9.97 Å². The second-order valence-electron chi connectivity index (χ2n) is 7.20. The highest BCUT2D eigenvalue weighted by Crippen LogP contribution is 2.32. The minimum atomic E-state index is -0.554. The lowest BCUT2D eigenvalue weighted by atomic mass is 10.1. The normalized spacial score (nSPS) is 15.0. The number of carbonyl (C=O) groups is 2. The highest BCUT2D eigenvalue weighted by atomic mass is 16.5. The average Bonchev–Trinajstić information content (AvgIpc) is 2.80. The summed E-state index contributed by atoms with van der Waals surface area (Å²) in [5, 5.41) is 6.44. The van der Waals surface area contributed by atoms with Gasteiger partial charge in [0.25, 0.3) is 11.8 Å². The van der Waals surface area contributed by atoms with E-state index >= 15 is 0 Å². The van der Waals surface area contributed by atoms with Crippen molar-refractivity contribution >= 4 is 34.1 Å². The predicted octanol–water partition coefficient (Wildman–Crippen LogP) is 4.27. The van der Waals surface area contributed by atoms with Crippen LogP contribution in [-0.2, 0) is 4.79 Å². The number of para-hydroxylation sites is 1. The molecule has 0 fully saturated rings. The highest BCUT2D eigenvalue weighted by molar-refractivity contribution is 6.13. The molecule has 4 aromatic rings. The molecular weight excluding hydrogens is 392 g/mol. The third kappa shape index (κ3) is 3.57. The Hall–Kier alpha value is -4.26. The molecule has 0 saturated carbocycles. The summed E-state index contributed by atoms with van der Waals surface area (Å²) < 4.78 is 5.57. The van der Waals surface area contributed by atoms with Crippen molar-refractivity contribution in [3.05, 3.63) is 78.5 Å². The number of hydrogen-bond donors (Lipinski definition) is 2. The first kappa shape index (κ1) is 18.7. The van der Waals surface area contributed by atoms with Gasteiger partial charge in [-0.05, 0) is 49.4 Å². The molecule has 1 atom stereocenters. The molecule has 0 bridgehead atoms. The Labute approximate surface area is 178 Å². The molecule has 0 radical (unpaired) electrons. The number of rotatable bonds is 3. The maximum absolute atomic E-state index is 13.2. The number of benzene rings is 2. The monoisotopic (exact) mass is 410 g/mol. The molecule has 152 valence electrons. The molecule has 0 saturated heterocycles. The van der Waals surface area contributed by atoms with Crippen LogP contribution in [0.25, 0.3) is 22.3 Å². The van der Waals surface area contributed by atoms with E-state index in [4.69, 9.17) is 4.74 Å². The standard InChI is InChI=1S/C24H18N4O3/c1-14-23(29)28-21-12-15(9-10-22(21)31-14)26-24(30)17-13-20(19-8-4-5-11-25-19)27-18-7-3-2-6-16(17)18/h2-14H,1H3,(H,26,30)(H,28,29). The SMILES string of the molecule is CC1Oc2ccc(NC(=O)c3cc(-c4ccccn4)nc4ccccc34)cc2NC1=O. The number of anilines is 2. The Balaban J connectivity index is 1.52. The summed E-state index contributed by atoms with van der Waals surface area (Å²) in [6.45, 7) is 1.68. The van der Waals surface area contributed by atoms with Gasteiger partial charge in [0, 0.05) is 17.3 Å². The number of aromatic nitrogens is 2. The molecule has 7 nitrogen and oxygen atoms in total. The summed E-state index contributed by atoms with van der Waals surface area (Å²) in [6, 6.07) is 19.9. The average molecular weight is 410 g/mol. The van der Waals surface area contributed by atoms with Crippen molar-refractivity contribution in [2.45, 2.75) is 13.0 Å². The molecule has 5 rings (SSSR count). The zero-order chi connectivity index (χ0) is 21.4. The molecular formula is C24H18N4O3. The van der Waals surface area contributed by atoms with E-state index in [9.17, 15) is 9.59 Å². The Morgan fingerprint density at radius 2 is 1.87 bits per heavy atom. The van der Waals surface area contributed by atoms with E-state index in [1.807, 2.05) is 42.5 Å². The van der Waals surface area contributed by atoms with Gasteiger partial charge >= 0.3 is 0 Å². The number of amides is 2. The van der Waals surface area contributed by atoms with Crippen molar-refractivity contribution < 1.29 is 14.3 Å². The molecule has 31 heavy (non-hydrogen) atoms. The van der Waals surface area contributed by atoms with E-state index in [2.05, 4.69) is 20.6 Å². The topological polar surface area (TPSA) is 93.2 Å². The van der Waals surface area contributed by atoms with Gasteiger partial charge in [0.05, 0.1) is 28.2 Å². The number of nitrogens with zero attached hydrogens (tertiary/aromatic N) is 2. The Morgan fingerprint density at radius 1 is 1.03 bits per heavy atom. The Bertz CT molecular complexity index is 1320. The molecule has 0 aliphatic carbocycles. The van der Waals surface area contributed by atoms with Crippen LogP contribution in [0.2, 0.25) is 0 Å². The van der Waals surface area contributed by atoms with E-state index in [-0.39, 0.29) is 11.8 Å². The summed E-state index contributed by atoms with van der Waals surface area (Å²) in [5.74, 6) is 0.0557. The van der Waals surface area contributed by atoms with Gasteiger partial charge in [-0.3, -0.25) is 14.6 Å². The van der Waals surface area contributed by atoms with Crippen LogP contribution in [0.1, 0.15) is 17.3 Å². The van der Waals surface area contributed by atoms with Crippen molar-refractivity contribution in [1.29, 1.82) is 0 Å². The first-order valence-corrected chi connectivity index (χ1v) is 9.82. The van der Waals surface area contributed by atoms with Crippen LogP contribution < -0.4 is 15.4 Å². The van der Waals surface area contributed by atoms with Gasteiger partial charge in [0.2, 0.25) is 0 Å². The fraction of sp³-hybridized carbons (Fsp3) is 0.0833. The molecule has 2 N–H and O–H groups in total. The van der Waals surface area contributed by atoms with Crippen LogP contribution in [0.5, 0.6) is 5.75 Å². The lowest BCUT2D eigenvalue weighted by Gasteiger charge is -2.23. The molecule has 1 aliphatic heterocycles. The highest BCUT2D eigenvalue weighted by Gasteiger charge is 2.24. The number of carbonyl (C=O) groups excluding carboxylic acids is 2. The minimum Gasteiger partial charge on any atom is -0.479 e. The summed E-state index contributed by atoms with van der Waals surface area (Å²) >= 11 is 0. The van der Waals surface area contributed by atoms with Gasteiger partial charge < -0.3 is 15.4 Å². The molecule has 0 spiro atoms. The van der Waals surface area contributed by atoms with Gasteiger partial charge in [0.1, 0.15) is 5.75 Å². The largest absolute Gasteiger partial charge is 0.479 e. The first-order chi connectivity index (χ1) is 15.1. The van der Waals surface area contributed by atoms with Crippen molar-refractivity contribution in [2.75, 3.05) is 10.6 Å². The zero-order valence-electron chi connectivity index (χ0n) is 16.6. The van der Waals surface area contributed by atoms with Gasteiger partial charge in [-0.2, -0.15) is 0 Å². The Morgan fingerprint density at radius 3 is 2.71 bits per heavy atom. The van der Waals surface area contributed by atoms with E-state index in [1.54, 1.807) is 37.4 Å². The van der Waals surface area contributed by atoms with Crippen LogP contribution in [0.4, 0.5) is 11.4 Å². The predicted molar refractivity (Wildman–Crippen MR) is 118 cm³/mol. The van der Waals surface area contributed by atoms with Gasteiger partial charge in [0.15, 0.2) is 6.10 Å². The second kappa shape index (κ2) is 7.53. The molecule has 1 aliphatic rings. The summed E-state index contributed by atoms with van der Waals surface area (Å²) in [7, 11) is 0. The first-order valence-electron chi connectivity index (χ1n) is 9.82. The van der Waals surface area contributed by atoms with Gasteiger partial charge in [-0.25, -0.2) is 4.98 Å². The zero-order valence-corrected chi connectivity index (χ0v) is 16.6. The van der Waals surface area contributed by atoms with Gasteiger partial charge in [-0.15, -0.1) is 0 Å². The lowest BCUT2D eigenvalue weighted by Crippen LogP contribution is -2.34. The maximum Gasteiger partial charge on any atom is 0.265 e. The molecule has 2 aromatic carbocycles.